The molecule has 3 rings (SSSR count). The van der Waals surface area contributed by atoms with E-state index in [0.29, 0.717) is 22.4 Å². The molecule has 0 radical (unpaired) electrons. The van der Waals surface area contributed by atoms with Gasteiger partial charge in [0, 0.05) is 22.9 Å². The molecule has 1 heterocycles. The van der Waals surface area contributed by atoms with Crippen LogP contribution < -0.4 is 5.32 Å². The van der Waals surface area contributed by atoms with Crippen LogP contribution in [0.15, 0.2) is 53.7 Å². The number of rotatable bonds is 6. The third kappa shape index (κ3) is 4.80. The lowest BCUT2D eigenvalue weighted by Crippen LogP contribution is -2.12. The standard InChI is InChI=1S/C17H16ClN5OS/c1-12-2-8-15(9-3-12)23-17(20-21-22-23)25-11-10-16(24)19-14-6-4-13(18)5-7-14/h2-9H,10-11H2,1H3,(H,19,24). The number of carbonyl (C=O) groups is 1. The number of nitrogens with one attached hydrogen (secondary N) is 1. The summed E-state index contributed by atoms with van der Waals surface area (Å²) < 4.78 is 1.67. The van der Waals surface area contributed by atoms with Crippen molar-refractivity contribution >= 4 is 35.0 Å². The molecule has 0 fully saturated rings. The van der Waals surface area contributed by atoms with Crippen molar-refractivity contribution in [2.75, 3.05) is 11.1 Å². The maximum Gasteiger partial charge on any atom is 0.225 e. The van der Waals surface area contributed by atoms with Crippen LogP contribution in [0.3, 0.4) is 0 Å². The Morgan fingerprint density at radius 3 is 2.60 bits per heavy atom. The molecule has 1 N–H and O–H groups in total. The Kier molecular flexibility index (Phi) is 5.67. The number of benzene rings is 2. The summed E-state index contributed by atoms with van der Waals surface area (Å²) >= 11 is 7.26. The lowest BCUT2D eigenvalue weighted by Gasteiger charge is -2.06. The summed E-state index contributed by atoms with van der Waals surface area (Å²) in [4.78, 5) is 12.0. The summed E-state index contributed by atoms with van der Waals surface area (Å²) in [5.74, 6) is 0.509. The molecule has 0 saturated heterocycles. The Labute approximate surface area is 154 Å². The molecular weight excluding hydrogens is 358 g/mol. The minimum absolute atomic E-state index is 0.0656. The predicted octanol–water partition coefficient (Wildman–Crippen LogP) is 3.75. The second-order valence-electron chi connectivity index (χ2n) is 5.36. The zero-order valence-corrected chi connectivity index (χ0v) is 15.1. The van der Waals surface area contributed by atoms with E-state index in [4.69, 9.17) is 11.6 Å². The van der Waals surface area contributed by atoms with Gasteiger partial charge in [0.15, 0.2) is 0 Å². The van der Waals surface area contributed by atoms with Gasteiger partial charge in [-0.05, 0) is 53.7 Å². The van der Waals surface area contributed by atoms with Crippen LogP contribution in [-0.4, -0.2) is 31.9 Å². The van der Waals surface area contributed by atoms with Gasteiger partial charge in [-0.1, -0.05) is 41.1 Å². The van der Waals surface area contributed by atoms with Gasteiger partial charge in [0.2, 0.25) is 11.1 Å². The number of halogens is 1. The van der Waals surface area contributed by atoms with Crippen molar-refractivity contribution in [3.05, 3.63) is 59.1 Å². The number of thioether (sulfide) groups is 1. The van der Waals surface area contributed by atoms with Crippen molar-refractivity contribution in [3.8, 4) is 5.69 Å². The molecule has 1 amide bonds. The first-order valence-corrected chi connectivity index (χ1v) is 9.02. The zero-order valence-electron chi connectivity index (χ0n) is 13.5. The number of tetrazole rings is 1. The fourth-order valence-electron chi connectivity index (χ4n) is 2.11. The van der Waals surface area contributed by atoms with E-state index in [1.807, 2.05) is 31.2 Å². The van der Waals surface area contributed by atoms with E-state index >= 15 is 0 Å². The maximum atomic E-state index is 12.0. The van der Waals surface area contributed by atoms with Crippen LogP contribution in [0.5, 0.6) is 0 Å². The van der Waals surface area contributed by atoms with Crippen LogP contribution >= 0.6 is 23.4 Å². The molecule has 0 aliphatic carbocycles. The number of aromatic nitrogens is 4. The van der Waals surface area contributed by atoms with Gasteiger partial charge >= 0.3 is 0 Å². The van der Waals surface area contributed by atoms with Crippen LogP contribution in [0, 0.1) is 6.92 Å². The van der Waals surface area contributed by atoms with Gasteiger partial charge in [-0.2, -0.15) is 4.68 Å². The van der Waals surface area contributed by atoms with E-state index in [2.05, 4.69) is 20.8 Å². The molecule has 0 atom stereocenters. The number of anilines is 1. The smallest absolute Gasteiger partial charge is 0.225 e. The molecule has 0 bridgehead atoms. The van der Waals surface area contributed by atoms with Gasteiger partial charge in [0.1, 0.15) is 0 Å². The Hall–Kier alpha value is -2.38. The molecule has 128 valence electrons. The highest BCUT2D eigenvalue weighted by Gasteiger charge is 2.10. The second-order valence-corrected chi connectivity index (χ2v) is 6.86. The molecule has 0 unspecified atom stereocenters. The number of hydrogen-bond donors (Lipinski definition) is 1. The van der Waals surface area contributed by atoms with E-state index in [0.717, 1.165) is 11.4 Å². The lowest BCUT2D eigenvalue weighted by atomic mass is 10.2. The first kappa shape index (κ1) is 17.4. The minimum Gasteiger partial charge on any atom is -0.326 e. The largest absolute Gasteiger partial charge is 0.326 e. The van der Waals surface area contributed by atoms with Crippen molar-refractivity contribution in [2.45, 2.75) is 18.5 Å². The fraction of sp³-hybridized carbons (Fsp3) is 0.176. The summed E-state index contributed by atoms with van der Waals surface area (Å²) in [6, 6.07) is 14.9. The normalized spacial score (nSPS) is 10.6. The maximum absolute atomic E-state index is 12.0. The van der Waals surface area contributed by atoms with E-state index in [1.54, 1.807) is 28.9 Å². The lowest BCUT2D eigenvalue weighted by molar-refractivity contribution is -0.115. The number of hydrogen-bond acceptors (Lipinski definition) is 5. The Balaban J connectivity index is 1.54. The van der Waals surface area contributed by atoms with Gasteiger partial charge in [-0.3, -0.25) is 4.79 Å². The summed E-state index contributed by atoms with van der Waals surface area (Å²) in [7, 11) is 0. The van der Waals surface area contributed by atoms with Crippen molar-refractivity contribution in [1.82, 2.24) is 20.2 Å². The van der Waals surface area contributed by atoms with Gasteiger partial charge in [-0.25, -0.2) is 0 Å². The van der Waals surface area contributed by atoms with Crippen LogP contribution in [0.1, 0.15) is 12.0 Å². The molecule has 2 aromatic carbocycles. The van der Waals surface area contributed by atoms with Gasteiger partial charge in [0.05, 0.1) is 5.69 Å². The third-order valence-corrected chi connectivity index (χ3v) is 4.58. The quantitative estimate of drug-likeness (QED) is 0.666. The van der Waals surface area contributed by atoms with Crippen molar-refractivity contribution in [3.63, 3.8) is 0 Å². The third-order valence-electron chi connectivity index (χ3n) is 3.41. The number of amides is 1. The van der Waals surface area contributed by atoms with E-state index in [9.17, 15) is 4.79 Å². The van der Waals surface area contributed by atoms with Crippen LogP contribution in [-0.2, 0) is 4.79 Å². The zero-order chi connectivity index (χ0) is 17.6. The summed E-state index contributed by atoms with van der Waals surface area (Å²) in [5.41, 5.74) is 2.79. The van der Waals surface area contributed by atoms with Crippen LogP contribution in [0.25, 0.3) is 5.69 Å². The molecule has 0 saturated carbocycles. The molecule has 6 nitrogen and oxygen atoms in total. The van der Waals surface area contributed by atoms with Crippen molar-refractivity contribution in [1.29, 1.82) is 0 Å². The molecule has 0 aliphatic heterocycles. The molecule has 3 aromatic rings. The van der Waals surface area contributed by atoms with Crippen molar-refractivity contribution in [2.24, 2.45) is 0 Å². The van der Waals surface area contributed by atoms with Gasteiger partial charge in [-0.15, -0.1) is 5.10 Å². The minimum atomic E-state index is -0.0656. The summed E-state index contributed by atoms with van der Waals surface area (Å²) in [6.45, 7) is 2.03. The molecule has 25 heavy (non-hydrogen) atoms. The highest BCUT2D eigenvalue weighted by atomic mass is 35.5. The summed E-state index contributed by atoms with van der Waals surface area (Å²) in [6.07, 6.45) is 0.355. The highest BCUT2D eigenvalue weighted by molar-refractivity contribution is 7.99. The first-order chi connectivity index (χ1) is 12.1. The second kappa shape index (κ2) is 8.13. The SMILES string of the molecule is Cc1ccc(-n2nnnc2SCCC(=O)Nc2ccc(Cl)cc2)cc1. The average molecular weight is 374 g/mol. The van der Waals surface area contributed by atoms with E-state index < -0.39 is 0 Å². The van der Waals surface area contributed by atoms with E-state index in [-0.39, 0.29) is 5.91 Å². The number of aryl methyl sites for hydroxylation is 1. The van der Waals surface area contributed by atoms with Crippen molar-refractivity contribution < 1.29 is 4.79 Å². The van der Waals surface area contributed by atoms with Crippen LogP contribution in [0.2, 0.25) is 5.02 Å². The predicted molar refractivity (Wildman–Crippen MR) is 99.3 cm³/mol. The fourth-order valence-corrected chi connectivity index (χ4v) is 3.06. The number of nitrogens with zero attached hydrogens (tertiary/aromatic N) is 4. The Bertz CT molecular complexity index is 848. The Morgan fingerprint density at radius 1 is 1.16 bits per heavy atom. The molecule has 1 aromatic heterocycles. The van der Waals surface area contributed by atoms with Gasteiger partial charge in [0.25, 0.3) is 0 Å². The van der Waals surface area contributed by atoms with Gasteiger partial charge < -0.3 is 5.32 Å². The molecule has 0 aliphatic rings. The Morgan fingerprint density at radius 2 is 1.88 bits per heavy atom. The highest BCUT2D eigenvalue weighted by Crippen LogP contribution is 2.20. The topological polar surface area (TPSA) is 72.7 Å². The molecule has 0 spiro atoms. The number of carbonyl (C=O) groups excluding carboxylic acids is 1. The molecule has 8 heteroatoms. The average Bonchev–Trinajstić information content (AvgIpc) is 3.06. The van der Waals surface area contributed by atoms with E-state index in [1.165, 1.54) is 17.3 Å². The monoisotopic (exact) mass is 373 g/mol. The molecular formula is C17H16ClN5OS. The van der Waals surface area contributed by atoms with Crippen LogP contribution in [0.4, 0.5) is 5.69 Å². The first-order valence-electron chi connectivity index (χ1n) is 7.65. The summed E-state index contributed by atoms with van der Waals surface area (Å²) in [5, 5.41) is 15.9.